The van der Waals surface area contributed by atoms with Crippen molar-refractivity contribution < 1.29 is 9.47 Å². The zero-order valence-electron chi connectivity index (χ0n) is 12.0. The molecule has 2 rings (SSSR count). The van der Waals surface area contributed by atoms with E-state index in [4.69, 9.17) is 9.47 Å². The van der Waals surface area contributed by atoms with E-state index in [1.165, 1.54) is 5.56 Å². The largest absolute Gasteiger partial charge is 0.491 e. The Bertz CT molecular complexity index is 358. The van der Waals surface area contributed by atoms with Gasteiger partial charge in [0.2, 0.25) is 0 Å². The van der Waals surface area contributed by atoms with E-state index in [2.05, 4.69) is 43.4 Å². The Labute approximate surface area is 116 Å². The monoisotopic (exact) mass is 263 g/mol. The van der Waals surface area contributed by atoms with Gasteiger partial charge in [-0.25, -0.2) is 0 Å². The van der Waals surface area contributed by atoms with Crippen LogP contribution in [0.2, 0.25) is 0 Å². The molecule has 0 spiro atoms. The summed E-state index contributed by atoms with van der Waals surface area (Å²) in [5, 5.41) is 3.48. The van der Waals surface area contributed by atoms with E-state index >= 15 is 0 Å². The second-order valence-electron chi connectivity index (χ2n) is 5.19. The number of nitrogens with one attached hydrogen (secondary N) is 1. The van der Waals surface area contributed by atoms with Gasteiger partial charge in [0.05, 0.1) is 6.10 Å². The first-order valence-electron chi connectivity index (χ1n) is 7.37. The average molecular weight is 263 g/mol. The van der Waals surface area contributed by atoms with Gasteiger partial charge in [-0.2, -0.15) is 0 Å². The van der Waals surface area contributed by atoms with Crippen LogP contribution in [-0.4, -0.2) is 25.9 Å². The molecule has 1 saturated heterocycles. The Morgan fingerprint density at radius 2 is 2.16 bits per heavy atom. The van der Waals surface area contributed by atoms with Crippen LogP contribution in [0, 0.1) is 0 Å². The minimum Gasteiger partial charge on any atom is -0.491 e. The second kappa shape index (κ2) is 7.51. The summed E-state index contributed by atoms with van der Waals surface area (Å²) >= 11 is 0. The highest BCUT2D eigenvalue weighted by Gasteiger charge is 2.15. The van der Waals surface area contributed by atoms with Crippen molar-refractivity contribution in [2.75, 3.05) is 19.8 Å². The lowest BCUT2D eigenvalue weighted by Crippen LogP contribution is -2.19. The SMILES string of the molecule is CCCNC(C)c1ccc(OCC2CCCO2)cc1. The molecule has 19 heavy (non-hydrogen) atoms. The van der Waals surface area contributed by atoms with Crippen molar-refractivity contribution in [3.8, 4) is 5.75 Å². The van der Waals surface area contributed by atoms with Crippen LogP contribution in [0.25, 0.3) is 0 Å². The van der Waals surface area contributed by atoms with Crippen molar-refractivity contribution in [3.05, 3.63) is 29.8 Å². The number of hydrogen-bond acceptors (Lipinski definition) is 3. The van der Waals surface area contributed by atoms with Crippen molar-refractivity contribution in [1.29, 1.82) is 0 Å². The first-order valence-corrected chi connectivity index (χ1v) is 7.37. The van der Waals surface area contributed by atoms with Crippen molar-refractivity contribution >= 4 is 0 Å². The van der Waals surface area contributed by atoms with E-state index in [1.807, 2.05) is 0 Å². The number of hydrogen-bond donors (Lipinski definition) is 1. The zero-order chi connectivity index (χ0) is 13.5. The minimum atomic E-state index is 0.282. The van der Waals surface area contributed by atoms with Gasteiger partial charge in [-0.3, -0.25) is 0 Å². The highest BCUT2D eigenvalue weighted by Crippen LogP contribution is 2.19. The molecule has 1 aromatic carbocycles. The highest BCUT2D eigenvalue weighted by atomic mass is 16.5. The number of benzene rings is 1. The average Bonchev–Trinajstić information content (AvgIpc) is 2.96. The molecule has 3 nitrogen and oxygen atoms in total. The van der Waals surface area contributed by atoms with E-state index in [1.54, 1.807) is 0 Å². The van der Waals surface area contributed by atoms with E-state index in [0.29, 0.717) is 12.6 Å². The molecule has 1 heterocycles. The van der Waals surface area contributed by atoms with Crippen LogP contribution in [-0.2, 0) is 4.74 Å². The summed E-state index contributed by atoms with van der Waals surface area (Å²) in [6.45, 7) is 6.98. The van der Waals surface area contributed by atoms with Gasteiger partial charge < -0.3 is 14.8 Å². The molecule has 3 heteroatoms. The smallest absolute Gasteiger partial charge is 0.119 e. The van der Waals surface area contributed by atoms with Crippen LogP contribution in [0.4, 0.5) is 0 Å². The van der Waals surface area contributed by atoms with Crippen LogP contribution in [0.15, 0.2) is 24.3 Å². The Hall–Kier alpha value is -1.06. The van der Waals surface area contributed by atoms with Gasteiger partial charge in [0, 0.05) is 12.6 Å². The molecular formula is C16H25NO2. The van der Waals surface area contributed by atoms with Crippen LogP contribution in [0.1, 0.15) is 44.7 Å². The van der Waals surface area contributed by atoms with E-state index in [0.717, 1.165) is 38.2 Å². The minimum absolute atomic E-state index is 0.282. The summed E-state index contributed by atoms with van der Waals surface area (Å²) in [4.78, 5) is 0. The molecule has 0 saturated carbocycles. The summed E-state index contributed by atoms with van der Waals surface area (Å²) in [7, 11) is 0. The van der Waals surface area contributed by atoms with Gasteiger partial charge in [0.1, 0.15) is 12.4 Å². The van der Waals surface area contributed by atoms with Crippen molar-refractivity contribution in [1.82, 2.24) is 5.32 Å². The normalized spacial score (nSPS) is 20.4. The Morgan fingerprint density at radius 3 is 2.79 bits per heavy atom. The maximum atomic E-state index is 5.76. The van der Waals surface area contributed by atoms with E-state index in [9.17, 15) is 0 Å². The molecule has 2 atom stereocenters. The summed E-state index contributed by atoms with van der Waals surface area (Å²) in [5.41, 5.74) is 1.30. The lowest BCUT2D eigenvalue weighted by atomic mass is 10.1. The fourth-order valence-electron chi connectivity index (χ4n) is 2.30. The lowest BCUT2D eigenvalue weighted by molar-refractivity contribution is 0.0679. The molecular weight excluding hydrogens is 238 g/mol. The first-order chi connectivity index (χ1) is 9.29. The predicted molar refractivity (Wildman–Crippen MR) is 77.6 cm³/mol. The third kappa shape index (κ3) is 4.51. The molecule has 106 valence electrons. The first kappa shape index (κ1) is 14.4. The molecule has 1 aliphatic heterocycles. The van der Waals surface area contributed by atoms with E-state index in [-0.39, 0.29) is 6.10 Å². The van der Waals surface area contributed by atoms with Crippen LogP contribution in [0.3, 0.4) is 0 Å². The summed E-state index contributed by atoms with van der Waals surface area (Å²) < 4.78 is 11.3. The summed E-state index contributed by atoms with van der Waals surface area (Å²) in [6.07, 6.45) is 3.72. The Morgan fingerprint density at radius 1 is 1.37 bits per heavy atom. The lowest BCUT2D eigenvalue weighted by Gasteiger charge is -2.15. The molecule has 0 aliphatic carbocycles. The van der Waals surface area contributed by atoms with Gasteiger partial charge in [-0.05, 0) is 50.4 Å². The molecule has 0 bridgehead atoms. The van der Waals surface area contributed by atoms with Crippen molar-refractivity contribution in [2.45, 2.75) is 45.3 Å². The highest BCUT2D eigenvalue weighted by molar-refractivity contribution is 5.29. The third-order valence-electron chi connectivity index (χ3n) is 3.54. The molecule has 0 radical (unpaired) electrons. The molecule has 1 N–H and O–H groups in total. The molecule has 1 aromatic rings. The summed E-state index contributed by atoms with van der Waals surface area (Å²) in [5.74, 6) is 0.932. The molecule has 0 amide bonds. The molecule has 1 fully saturated rings. The Balaban J connectivity index is 1.80. The molecule has 0 aromatic heterocycles. The van der Waals surface area contributed by atoms with Crippen LogP contribution >= 0.6 is 0 Å². The predicted octanol–water partition coefficient (Wildman–Crippen LogP) is 3.31. The van der Waals surface area contributed by atoms with E-state index < -0.39 is 0 Å². The van der Waals surface area contributed by atoms with Crippen LogP contribution in [0.5, 0.6) is 5.75 Å². The topological polar surface area (TPSA) is 30.5 Å². The van der Waals surface area contributed by atoms with Gasteiger partial charge in [0.15, 0.2) is 0 Å². The standard InChI is InChI=1S/C16H25NO2/c1-3-10-17-13(2)14-6-8-15(9-7-14)19-12-16-5-4-11-18-16/h6-9,13,16-17H,3-5,10-12H2,1-2H3. The number of ether oxygens (including phenoxy) is 2. The molecule has 2 unspecified atom stereocenters. The quantitative estimate of drug-likeness (QED) is 0.818. The fourth-order valence-corrected chi connectivity index (χ4v) is 2.30. The molecule has 1 aliphatic rings. The fraction of sp³-hybridized carbons (Fsp3) is 0.625. The van der Waals surface area contributed by atoms with Gasteiger partial charge in [0.25, 0.3) is 0 Å². The number of rotatable bonds is 7. The maximum absolute atomic E-state index is 5.76. The van der Waals surface area contributed by atoms with Crippen molar-refractivity contribution in [3.63, 3.8) is 0 Å². The van der Waals surface area contributed by atoms with Crippen molar-refractivity contribution in [2.24, 2.45) is 0 Å². The third-order valence-corrected chi connectivity index (χ3v) is 3.54. The summed E-state index contributed by atoms with van der Waals surface area (Å²) in [6, 6.07) is 8.77. The zero-order valence-corrected chi connectivity index (χ0v) is 12.0. The van der Waals surface area contributed by atoms with Gasteiger partial charge in [-0.15, -0.1) is 0 Å². The maximum Gasteiger partial charge on any atom is 0.119 e. The van der Waals surface area contributed by atoms with Crippen LogP contribution < -0.4 is 10.1 Å². The van der Waals surface area contributed by atoms with Gasteiger partial charge >= 0.3 is 0 Å². The van der Waals surface area contributed by atoms with Gasteiger partial charge in [-0.1, -0.05) is 19.1 Å². The second-order valence-corrected chi connectivity index (χ2v) is 5.19. The Kier molecular flexibility index (Phi) is 5.67.